The first-order valence-corrected chi connectivity index (χ1v) is 7.83. The molecule has 134 valence electrons. The minimum atomic E-state index is -2.96. The third kappa shape index (κ3) is 5.63. The predicted molar refractivity (Wildman–Crippen MR) is 92.4 cm³/mol. The smallest absolute Gasteiger partial charge is 0.387 e. The molecule has 0 saturated heterocycles. The Labute approximate surface area is 144 Å². The Bertz CT molecular complexity index is 693. The van der Waals surface area contributed by atoms with E-state index in [9.17, 15) is 13.6 Å². The Hall–Kier alpha value is -2.83. The van der Waals surface area contributed by atoms with Crippen LogP contribution < -0.4 is 20.1 Å². The quantitative estimate of drug-likeness (QED) is 0.752. The van der Waals surface area contributed by atoms with Crippen molar-refractivity contribution < 1.29 is 23.0 Å². The summed E-state index contributed by atoms with van der Waals surface area (Å²) in [5, 5.41) is 5.62. The van der Waals surface area contributed by atoms with Crippen molar-refractivity contribution in [2.45, 2.75) is 26.5 Å². The summed E-state index contributed by atoms with van der Waals surface area (Å²) in [5.41, 5.74) is 0.927. The maximum atomic E-state index is 12.4. The maximum absolute atomic E-state index is 12.4. The number of halogens is 2. The lowest BCUT2D eigenvalue weighted by atomic mass is 10.2. The topological polar surface area (TPSA) is 59.6 Å². The van der Waals surface area contributed by atoms with Crippen molar-refractivity contribution in [1.82, 2.24) is 0 Å². The van der Waals surface area contributed by atoms with Gasteiger partial charge in [0.25, 0.3) is 0 Å². The predicted octanol–water partition coefficient (Wildman–Crippen LogP) is 4.13. The molecule has 0 bridgehead atoms. The van der Waals surface area contributed by atoms with Crippen molar-refractivity contribution in [2.75, 3.05) is 17.2 Å². The number of nitrogens with one attached hydrogen (secondary N) is 2. The molecule has 2 aromatic carbocycles. The molecule has 0 saturated carbocycles. The van der Waals surface area contributed by atoms with Crippen LogP contribution in [0.5, 0.6) is 11.5 Å². The fourth-order valence-corrected chi connectivity index (χ4v) is 2.14. The van der Waals surface area contributed by atoms with Crippen molar-refractivity contribution in [3.63, 3.8) is 0 Å². The molecule has 7 heteroatoms. The molecule has 0 spiro atoms. The molecule has 1 amide bonds. The summed E-state index contributed by atoms with van der Waals surface area (Å²) in [5.74, 6) is 0.279. The molecule has 0 radical (unpaired) electrons. The number of hydrogen-bond acceptors (Lipinski definition) is 4. The van der Waals surface area contributed by atoms with Crippen LogP contribution in [0, 0.1) is 0 Å². The summed E-state index contributed by atoms with van der Waals surface area (Å²) in [7, 11) is 0. The lowest BCUT2D eigenvalue weighted by molar-refractivity contribution is -0.116. The standard InChI is InChI=1S/C18H20F2N2O3/c1-3-24-14-10-8-13(9-11-14)21-12(2)17(23)22-15-6-4-5-7-16(15)25-18(19)20/h4-12,18,21H,3H2,1-2H3,(H,22,23). The van der Waals surface area contributed by atoms with Crippen molar-refractivity contribution in [2.24, 2.45) is 0 Å². The van der Waals surface area contributed by atoms with Crippen LogP contribution >= 0.6 is 0 Å². The van der Waals surface area contributed by atoms with Gasteiger partial charge in [-0.3, -0.25) is 4.79 Å². The first-order chi connectivity index (χ1) is 12.0. The largest absolute Gasteiger partial charge is 0.494 e. The second-order valence-electron chi connectivity index (χ2n) is 5.19. The second kappa shape index (κ2) is 8.86. The molecule has 0 aromatic heterocycles. The Kier molecular flexibility index (Phi) is 6.56. The minimum absolute atomic E-state index is 0.0842. The first-order valence-electron chi connectivity index (χ1n) is 7.83. The highest BCUT2D eigenvalue weighted by molar-refractivity contribution is 5.97. The van der Waals surface area contributed by atoms with E-state index in [1.165, 1.54) is 12.1 Å². The highest BCUT2D eigenvalue weighted by Crippen LogP contribution is 2.25. The number of para-hydroxylation sites is 2. The van der Waals surface area contributed by atoms with Gasteiger partial charge in [0.1, 0.15) is 17.5 Å². The molecule has 0 heterocycles. The highest BCUT2D eigenvalue weighted by atomic mass is 19.3. The first kappa shape index (κ1) is 18.5. The molecule has 2 rings (SSSR count). The number of ether oxygens (including phenoxy) is 2. The van der Waals surface area contributed by atoms with Gasteiger partial charge >= 0.3 is 6.61 Å². The van der Waals surface area contributed by atoms with Gasteiger partial charge in [0, 0.05) is 5.69 Å². The van der Waals surface area contributed by atoms with Gasteiger partial charge in [-0.1, -0.05) is 12.1 Å². The summed E-state index contributed by atoms with van der Waals surface area (Å²) in [6.07, 6.45) is 0. The van der Waals surface area contributed by atoms with E-state index in [1.807, 2.05) is 6.92 Å². The van der Waals surface area contributed by atoms with Gasteiger partial charge in [0.2, 0.25) is 5.91 Å². The molecular weight excluding hydrogens is 330 g/mol. The third-order valence-electron chi connectivity index (χ3n) is 3.30. The van der Waals surface area contributed by atoms with Gasteiger partial charge in [0.15, 0.2) is 0 Å². The highest BCUT2D eigenvalue weighted by Gasteiger charge is 2.16. The number of alkyl halides is 2. The fraction of sp³-hybridized carbons (Fsp3) is 0.278. The van der Waals surface area contributed by atoms with Gasteiger partial charge in [0.05, 0.1) is 12.3 Å². The van der Waals surface area contributed by atoms with E-state index < -0.39 is 12.7 Å². The molecule has 25 heavy (non-hydrogen) atoms. The normalized spacial score (nSPS) is 11.7. The van der Waals surface area contributed by atoms with Crippen LogP contribution in [0.1, 0.15) is 13.8 Å². The van der Waals surface area contributed by atoms with Crippen LogP contribution in [0.25, 0.3) is 0 Å². The average Bonchev–Trinajstić information content (AvgIpc) is 2.58. The van der Waals surface area contributed by atoms with E-state index >= 15 is 0 Å². The van der Waals surface area contributed by atoms with Crippen LogP contribution in [0.4, 0.5) is 20.2 Å². The molecular formula is C18H20F2N2O3. The van der Waals surface area contributed by atoms with Crippen LogP contribution in [0.2, 0.25) is 0 Å². The van der Waals surface area contributed by atoms with Crippen molar-refractivity contribution in [3.05, 3.63) is 48.5 Å². The Morgan fingerprint density at radius 1 is 1.12 bits per heavy atom. The molecule has 5 nitrogen and oxygen atoms in total. The SMILES string of the molecule is CCOc1ccc(NC(C)C(=O)Nc2ccccc2OC(F)F)cc1. The number of amides is 1. The van der Waals surface area contributed by atoms with E-state index in [-0.39, 0.29) is 17.3 Å². The molecule has 1 unspecified atom stereocenters. The van der Waals surface area contributed by atoms with Gasteiger partial charge < -0.3 is 20.1 Å². The fourth-order valence-electron chi connectivity index (χ4n) is 2.14. The molecule has 0 aliphatic rings. The summed E-state index contributed by atoms with van der Waals surface area (Å²) in [6.45, 7) is 1.18. The molecule has 1 atom stereocenters. The number of rotatable bonds is 8. The third-order valence-corrected chi connectivity index (χ3v) is 3.30. The monoisotopic (exact) mass is 350 g/mol. The van der Waals surface area contributed by atoms with Crippen LogP contribution in [-0.2, 0) is 4.79 Å². The van der Waals surface area contributed by atoms with Gasteiger partial charge in [-0.2, -0.15) is 8.78 Å². The van der Waals surface area contributed by atoms with Gasteiger partial charge in [-0.15, -0.1) is 0 Å². The van der Waals surface area contributed by atoms with E-state index in [2.05, 4.69) is 15.4 Å². The lowest BCUT2D eigenvalue weighted by Gasteiger charge is -2.17. The Morgan fingerprint density at radius 2 is 1.80 bits per heavy atom. The molecule has 0 aliphatic carbocycles. The molecule has 0 aliphatic heterocycles. The van der Waals surface area contributed by atoms with Crippen LogP contribution in [0.3, 0.4) is 0 Å². The molecule has 0 fully saturated rings. The zero-order valence-electron chi connectivity index (χ0n) is 14.0. The number of carbonyl (C=O) groups is 1. The summed E-state index contributed by atoms with van der Waals surface area (Å²) in [4.78, 5) is 12.3. The number of carbonyl (C=O) groups excluding carboxylic acids is 1. The summed E-state index contributed by atoms with van der Waals surface area (Å²) < 4.78 is 34.6. The van der Waals surface area contributed by atoms with Crippen molar-refractivity contribution >= 4 is 17.3 Å². The van der Waals surface area contributed by atoms with Crippen molar-refractivity contribution in [1.29, 1.82) is 0 Å². The summed E-state index contributed by atoms with van der Waals surface area (Å²) in [6, 6.07) is 12.6. The van der Waals surface area contributed by atoms with E-state index in [0.29, 0.717) is 6.61 Å². The average molecular weight is 350 g/mol. The number of anilines is 2. The second-order valence-corrected chi connectivity index (χ2v) is 5.19. The van der Waals surface area contributed by atoms with E-state index in [1.54, 1.807) is 43.3 Å². The van der Waals surface area contributed by atoms with Crippen molar-refractivity contribution in [3.8, 4) is 11.5 Å². The van der Waals surface area contributed by atoms with E-state index in [4.69, 9.17) is 4.74 Å². The number of benzene rings is 2. The molecule has 2 aromatic rings. The zero-order valence-corrected chi connectivity index (χ0v) is 14.0. The summed E-state index contributed by atoms with van der Waals surface area (Å²) >= 11 is 0. The Morgan fingerprint density at radius 3 is 2.44 bits per heavy atom. The van der Waals surface area contributed by atoms with Crippen LogP contribution in [0.15, 0.2) is 48.5 Å². The van der Waals surface area contributed by atoms with Crippen LogP contribution in [-0.4, -0.2) is 25.2 Å². The maximum Gasteiger partial charge on any atom is 0.387 e. The zero-order chi connectivity index (χ0) is 18.2. The van der Waals surface area contributed by atoms with Gasteiger partial charge in [-0.25, -0.2) is 0 Å². The Balaban J connectivity index is 1.98. The van der Waals surface area contributed by atoms with Gasteiger partial charge in [-0.05, 0) is 50.2 Å². The lowest BCUT2D eigenvalue weighted by Crippen LogP contribution is -2.32. The molecule has 2 N–H and O–H groups in total. The van der Waals surface area contributed by atoms with E-state index in [0.717, 1.165) is 11.4 Å². The minimum Gasteiger partial charge on any atom is -0.494 e. The number of hydrogen-bond donors (Lipinski definition) is 2.